The van der Waals surface area contributed by atoms with Crippen molar-refractivity contribution in [3.05, 3.63) is 39.0 Å². The average molecular weight is 254 g/mol. The summed E-state index contributed by atoms with van der Waals surface area (Å²) in [5.41, 5.74) is -0.132. The first-order valence-corrected chi connectivity index (χ1v) is 5.08. The fourth-order valence-corrected chi connectivity index (χ4v) is 1.62. The Bertz CT molecular complexity index is 595. The van der Waals surface area contributed by atoms with Gasteiger partial charge in [-0.1, -0.05) is 11.6 Å². The molecule has 0 radical (unpaired) electrons. The van der Waals surface area contributed by atoms with Crippen LogP contribution in [0.3, 0.4) is 0 Å². The summed E-state index contributed by atoms with van der Waals surface area (Å²) in [6.07, 6.45) is 0. The quantitative estimate of drug-likeness (QED) is 0.463. The molecule has 2 rings (SSSR count). The maximum Gasteiger partial charge on any atom is 0.276 e. The van der Waals surface area contributed by atoms with Gasteiger partial charge in [0.05, 0.1) is 17.1 Å². The van der Waals surface area contributed by atoms with Crippen molar-refractivity contribution in [1.29, 1.82) is 0 Å². The third-order valence-electron chi connectivity index (χ3n) is 2.07. The predicted octanol–water partition coefficient (Wildman–Crippen LogP) is 1.84. The molecule has 0 saturated carbocycles. The second kappa shape index (κ2) is 4.10. The number of hydrogen-bond acceptors (Lipinski definition) is 5. The van der Waals surface area contributed by atoms with Gasteiger partial charge >= 0.3 is 0 Å². The number of halogens is 1. The summed E-state index contributed by atoms with van der Waals surface area (Å²) < 4.78 is 1.41. The second-order valence-electron chi connectivity index (χ2n) is 3.38. The highest BCUT2D eigenvalue weighted by atomic mass is 35.5. The highest BCUT2D eigenvalue weighted by Crippen LogP contribution is 2.20. The van der Waals surface area contributed by atoms with Gasteiger partial charge in [0, 0.05) is 0 Å². The lowest BCUT2D eigenvalue weighted by atomic mass is 10.4. The Balaban J connectivity index is 2.59. The zero-order valence-corrected chi connectivity index (χ0v) is 9.84. The van der Waals surface area contributed by atoms with Gasteiger partial charge in [-0.25, -0.2) is 9.97 Å². The van der Waals surface area contributed by atoms with E-state index >= 15 is 0 Å². The van der Waals surface area contributed by atoms with E-state index in [1.807, 2.05) is 0 Å². The van der Waals surface area contributed by atoms with Crippen LogP contribution in [0.4, 0.5) is 5.69 Å². The first kappa shape index (κ1) is 11.5. The van der Waals surface area contributed by atoms with Crippen molar-refractivity contribution in [2.24, 2.45) is 0 Å². The molecule has 17 heavy (non-hydrogen) atoms. The van der Waals surface area contributed by atoms with E-state index in [1.165, 1.54) is 16.8 Å². The molecule has 2 aromatic rings. The van der Waals surface area contributed by atoms with Gasteiger partial charge in [-0.15, -0.1) is 5.10 Å². The van der Waals surface area contributed by atoms with Gasteiger partial charge in [0.2, 0.25) is 0 Å². The van der Waals surface area contributed by atoms with Crippen LogP contribution in [0.2, 0.25) is 5.15 Å². The minimum absolute atomic E-state index is 0.0433. The van der Waals surface area contributed by atoms with E-state index in [-0.39, 0.29) is 16.7 Å². The Morgan fingerprint density at radius 1 is 1.35 bits per heavy atom. The van der Waals surface area contributed by atoms with Crippen LogP contribution < -0.4 is 0 Å². The molecule has 0 aromatic carbocycles. The fraction of sp³-hybridized carbons (Fsp3) is 0.222. The molecule has 0 aliphatic heterocycles. The molecule has 7 nitrogen and oxygen atoms in total. The molecular weight excluding hydrogens is 246 g/mol. The standard InChI is InChI=1S/C9H8ClN5O2/c1-5-11-6(2)14(13-5)9-4-7(15(16)17)3-8(10)12-9/h3-4H,1-2H3. The topological polar surface area (TPSA) is 86.7 Å². The summed E-state index contributed by atoms with van der Waals surface area (Å²) in [4.78, 5) is 18.2. The fourth-order valence-electron chi connectivity index (χ4n) is 1.42. The predicted molar refractivity (Wildman–Crippen MR) is 60.3 cm³/mol. The lowest BCUT2D eigenvalue weighted by Crippen LogP contribution is -2.03. The van der Waals surface area contributed by atoms with Crippen molar-refractivity contribution in [3.8, 4) is 5.82 Å². The minimum Gasteiger partial charge on any atom is -0.258 e. The molecule has 0 spiro atoms. The minimum atomic E-state index is -0.532. The monoisotopic (exact) mass is 253 g/mol. The molecule has 0 fully saturated rings. The van der Waals surface area contributed by atoms with Gasteiger partial charge in [-0.2, -0.15) is 4.68 Å². The van der Waals surface area contributed by atoms with Gasteiger partial charge in [-0.3, -0.25) is 10.1 Å². The Morgan fingerprint density at radius 2 is 2.06 bits per heavy atom. The summed E-state index contributed by atoms with van der Waals surface area (Å²) in [6.45, 7) is 3.46. The number of pyridine rings is 1. The molecule has 8 heteroatoms. The highest BCUT2D eigenvalue weighted by molar-refractivity contribution is 6.29. The average Bonchev–Trinajstić information content (AvgIpc) is 2.57. The van der Waals surface area contributed by atoms with Gasteiger partial charge in [-0.05, 0) is 13.8 Å². The number of nitro groups is 1. The van der Waals surface area contributed by atoms with E-state index in [2.05, 4.69) is 15.1 Å². The van der Waals surface area contributed by atoms with Crippen LogP contribution in [0.15, 0.2) is 12.1 Å². The molecule has 0 saturated heterocycles. The Labute approximate surface area is 101 Å². The van der Waals surface area contributed by atoms with Gasteiger partial charge < -0.3 is 0 Å². The van der Waals surface area contributed by atoms with Crippen LogP contribution in [-0.2, 0) is 0 Å². The third kappa shape index (κ3) is 2.23. The van der Waals surface area contributed by atoms with Crippen molar-refractivity contribution >= 4 is 17.3 Å². The largest absolute Gasteiger partial charge is 0.276 e. The maximum absolute atomic E-state index is 10.7. The Kier molecular flexibility index (Phi) is 2.76. The summed E-state index contributed by atoms with van der Waals surface area (Å²) >= 11 is 5.73. The Hall–Kier alpha value is -2.02. The SMILES string of the molecule is Cc1nc(C)n(-c2cc([N+](=O)[O-])cc(Cl)n2)n1. The van der Waals surface area contributed by atoms with Crippen LogP contribution in [0, 0.1) is 24.0 Å². The molecule has 0 bridgehead atoms. The molecule has 88 valence electrons. The summed E-state index contributed by atoms with van der Waals surface area (Å²) in [5, 5.41) is 14.8. The van der Waals surface area contributed by atoms with Crippen LogP contribution in [0.1, 0.15) is 11.6 Å². The van der Waals surface area contributed by atoms with Crippen molar-refractivity contribution in [3.63, 3.8) is 0 Å². The number of nitrogens with zero attached hydrogens (tertiary/aromatic N) is 5. The van der Waals surface area contributed by atoms with E-state index in [9.17, 15) is 10.1 Å². The molecule has 2 aromatic heterocycles. The molecule has 0 N–H and O–H groups in total. The first-order valence-electron chi connectivity index (χ1n) is 4.70. The maximum atomic E-state index is 10.7. The van der Waals surface area contributed by atoms with Crippen LogP contribution in [-0.4, -0.2) is 24.7 Å². The zero-order chi connectivity index (χ0) is 12.6. The third-order valence-corrected chi connectivity index (χ3v) is 2.26. The number of rotatable bonds is 2. The second-order valence-corrected chi connectivity index (χ2v) is 3.77. The summed E-state index contributed by atoms with van der Waals surface area (Å²) in [5.74, 6) is 1.43. The molecular formula is C9H8ClN5O2. The number of aromatic nitrogens is 4. The molecule has 0 atom stereocenters. The highest BCUT2D eigenvalue weighted by Gasteiger charge is 2.14. The van der Waals surface area contributed by atoms with E-state index in [1.54, 1.807) is 13.8 Å². The van der Waals surface area contributed by atoms with E-state index in [4.69, 9.17) is 11.6 Å². The summed E-state index contributed by atoms with van der Waals surface area (Å²) in [7, 11) is 0. The lowest BCUT2D eigenvalue weighted by Gasteiger charge is -2.02. The van der Waals surface area contributed by atoms with Crippen molar-refractivity contribution in [1.82, 2.24) is 19.7 Å². The van der Waals surface area contributed by atoms with E-state index < -0.39 is 4.92 Å². The molecule has 0 unspecified atom stereocenters. The Morgan fingerprint density at radius 3 is 2.59 bits per heavy atom. The van der Waals surface area contributed by atoms with Gasteiger partial charge in [0.15, 0.2) is 5.82 Å². The summed E-state index contributed by atoms with van der Waals surface area (Å²) in [6, 6.07) is 2.48. The smallest absolute Gasteiger partial charge is 0.258 e. The molecule has 0 aliphatic rings. The van der Waals surface area contributed by atoms with Crippen LogP contribution >= 0.6 is 11.6 Å². The van der Waals surface area contributed by atoms with Gasteiger partial charge in [0.25, 0.3) is 5.69 Å². The first-order chi connectivity index (χ1) is 7.97. The van der Waals surface area contributed by atoms with Crippen LogP contribution in [0.25, 0.3) is 5.82 Å². The van der Waals surface area contributed by atoms with E-state index in [0.717, 1.165) is 0 Å². The van der Waals surface area contributed by atoms with Crippen LogP contribution in [0.5, 0.6) is 0 Å². The van der Waals surface area contributed by atoms with Gasteiger partial charge in [0.1, 0.15) is 16.8 Å². The van der Waals surface area contributed by atoms with E-state index in [0.29, 0.717) is 11.6 Å². The number of aryl methyl sites for hydroxylation is 2. The molecule has 0 amide bonds. The number of hydrogen-bond donors (Lipinski definition) is 0. The normalized spacial score (nSPS) is 10.5. The molecule has 0 aliphatic carbocycles. The van der Waals surface area contributed by atoms with Crippen molar-refractivity contribution < 1.29 is 4.92 Å². The van der Waals surface area contributed by atoms with Crippen molar-refractivity contribution in [2.45, 2.75) is 13.8 Å². The zero-order valence-electron chi connectivity index (χ0n) is 9.09. The lowest BCUT2D eigenvalue weighted by molar-refractivity contribution is -0.384. The molecule has 2 heterocycles. The van der Waals surface area contributed by atoms with Crippen molar-refractivity contribution in [2.75, 3.05) is 0 Å².